The summed E-state index contributed by atoms with van der Waals surface area (Å²) in [5, 5.41) is 47.1. The topological polar surface area (TPSA) is 183 Å². The highest BCUT2D eigenvalue weighted by atomic mass is 16.5. The summed E-state index contributed by atoms with van der Waals surface area (Å²) in [5.41, 5.74) is -3.60. The molecule has 3 fully saturated rings. The van der Waals surface area contributed by atoms with Gasteiger partial charge in [0, 0.05) is 49.9 Å². The van der Waals surface area contributed by atoms with E-state index in [1.165, 1.54) is 11.0 Å². The van der Waals surface area contributed by atoms with Crippen LogP contribution in [-0.2, 0) is 33.4 Å². The molecular formula is C36H46N2O11. The van der Waals surface area contributed by atoms with Gasteiger partial charge in [-0.25, -0.2) is 0 Å². The summed E-state index contributed by atoms with van der Waals surface area (Å²) in [5.74, 6) is -8.95. The molecule has 5 aliphatic rings. The number of carbonyl (C=O) groups is 4. The first kappa shape index (κ1) is 35.2. The zero-order valence-electron chi connectivity index (χ0n) is 28.2. The van der Waals surface area contributed by atoms with Gasteiger partial charge in [-0.1, -0.05) is 31.9 Å². The maximum absolute atomic E-state index is 14.8. The molecule has 1 aliphatic heterocycles. The van der Waals surface area contributed by atoms with Crippen molar-refractivity contribution in [1.29, 1.82) is 0 Å². The molecule has 1 heterocycles. The smallest absolute Gasteiger partial charge is 0.305 e. The van der Waals surface area contributed by atoms with Gasteiger partial charge in [0.05, 0.1) is 43.4 Å². The SMILES string of the molecule is CCC(=O)O[C@@H]1[C@@H]2C(=C(O)c3c(O)cccc3[C@H]2COC2CCCC2)C(=O)[C@@]2(O)C(O)=C(C(=O)CCN3CCOCC3)C(=O)[C@H](N(C)C)[C@@H]12. The van der Waals surface area contributed by atoms with Gasteiger partial charge in [-0.05, 0) is 38.6 Å². The summed E-state index contributed by atoms with van der Waals surface area (Å²) >= 11 is 0. The van der Waals surface area contributed by atoms with Crippen LogP contribution < -0.4 is 0 Å². The average Bonchev–Trinajstić information content (AvgIpc) is 3.60. The van der Waals surface area contributed by atoms with Gasteiger partial charge in [0.25, 0.3) is 0 Å². The predicted octanol–water partition coefficient (Wildman–Crippen LogP) is 2.20. The Morgan fingerprint density at radius 1 is 1.08 bits per heavy atom. The molecular weight excluding hydrogens is 636 g/mol. The van der Waals surface area contributed by atoms with Crippen LogP contribution >= 0.6 is 0 Å². The number of hydrogen-bond donors (Lipinski definition) is 4. The Morgan fingerprint density at radius 3 is 2.43 bits per heavy atom. The molecule has 0 bridgehead atoms. The van der Waals surface area contributed by atoms with E-state index in [2.05, 4.69) is 0 Å². The van der Waals surface area contributed by atoms with Gasteiger partial charge >= 0.3 is 5.97 Å². The van der Waals surface area contributed by atoms with Gasteiger partial charge in [-0.15, -0.1) is 0 Å². The van der Waals surface area contributed by atoms with Gasteiger partial charge in [-0.3, -0.25) is 29.0 Å². The molecule has 13 nitrogen and oxygen atoms in total. The largest absolute Gasteiger partial charge is 0.508 e. The number of nitrogens with zero attached hydrogens (tertiary/aromatic N) is 2. The lowest BCUT2D eigenvalue weighted by Gasteiger charge is -2.55. The van der Waals surface area contributed by atoms with E-state index in [-0.39, 0.29) is 49.0 Å². The van der Waals surface area contributed by atoms with Crippen LogP contribution in [0.3, 0.4) is 0 Å². The predicted molar refractivity (Wildman–Crippen MR) is 175 cm³/mol. The quantitative estimate of drug-likeness (QED) is 0.208. The highest BCUT2D eigenvalue weighted by molar-refractivity contribution is 6.25. The molecule has 0 spiro atoms. The normalized spacial score (nSPS) is 30.8. The number of ether oxygens (including phenoxy) is 3. The van der Waals surface area contributed by atoms with Gasteiger partial charge < -0.3 is 34.6 Å². The number of esters is 1. The second-order valence-electron chi connectivity index (χ2n) is 13.9. The molecule has 266 valence electrons. The number of aliphatic hydroxyl groups excluding tert-OH is 2. The second kappa shape index (κ2) is 13.9. The van der Waals surface area contributed by atoms with Crippen LogP contribution in [0.1, 0.15) is 62.5 Å². The third-order valence-corrected chi connectivity index (χ3v) is 10.9. The van der Waals surface area contributed by atoms with Gasteiger partial charge in [0.2, 0.25) is 5.78 Å². The number of hydrogen-bond acceptors (Lipinski definition) is 13. The Balaban J connectivity index is 1.52. The fourth-order valence-corrected chi connectivity index (χ4v) is 8.48. The zero-order chi connectivity index (χ0) is 35.2. The molecule has 2 saturated carbocycles. The number of Topliss-reactive ketones (excluding diaryl/α,β-unsaturated/α-hetero) is 3. The van der Waals surface area contributed by atoms with Crippen molar-refractivity contribution < 1.29 is 53.8 Å². The number of benzene rings is 1. The Labute approximate surface area is 285 Å². The van der Waals surface area contributed by atoms with Crippen LogP contribution in [0, 0.1) is 11.8 Å². The summed E-state index contributed by atoms with van der Waals surface area (Å²) in [6.07, 6.45) is 1.92. The van der Waals surface area contributed by atoms with Crippen LogP contribution in [-0.4, -0.2) is 131 Å². The molecule has 1 saturated heterocycles. The molecule has 4 aliphatic carbocycles. The first-order valence-electron chi connectivity index (χ1n) is 17.2. The number of ketones is 3. The summed E-state index contributed by atoms with van der Waals surface area (Å²) in [4.78, 5) is 59.5. The van der Waals surface area contributed by atoms with E-state index in [0.29, 0.717) is 31.9 Å². The van der Waals surface area contributed by atoms with E-state index in [1.807, 2.05) is 4.90 Å². The van der Waals surface area contributed by atoms with Gasteiger partial charge in [0.1, 0.15) is 28.9 Å². The first-order valence-corrected chi connectivity index (χ1v) is 17.2. The molecule has 6 atom stereocenters. The molecule has 13 heteroatoms. The third-order valence-electron chi connectivity index (χ3n) is 10.9. The molecule has 1 aromatic rings. The third kappa shape index (κ3) is 5.99. The minimum Gasteiger partial charge on any atom is -0.508 e. The number of carbonyl (C=O) groups excluding carboxylic acids is 4. The highest BCUT2D eigenvalue weighted by Gasteiger charge is 2.70. The van der Waals surface area contributed by atoms with Gasteiger partial charge in [0.15, 0.2) is 17.2 Å². The molecule has 6 rings (SSSR count). The van der Waals surface area contributed by atoms with Crippen LogP contribution in [0.4, 0.5) is 0 Å². The summed E-state index contributed by atoms with van der Waals surface area (Å²) in [6.45, 7) is 3.99. The molecule has 4 N–H and O–H groups in total. The van der Waals surface area contributed by atoms with Crippen molar-refractivity contribution >= 4 is 29.1 Å². The lowest BCUT2D eigenvalue weighted by atomic mass is 9.53. The van der Waals surface area contributed by atoms with Crippen LogP contribution in [0.15, 0.2) is 35.1 Å². The van der Waals surface area contributed by atoms with Crippen LogP contribution in [0.25, 0.3) is 5.76 Å². The lowest BCUT2D eigenvalue weighted by Crippen LogP contribution is -2.71. The summed E-state index contributed by atoms with van der Waals surface area (Å²) in [7, 11) is 3.09. The fourth-order valence-electron chi connectivity index (χ4n) is 8.48. The first-order chi connectivity index (χ1) is 23.4. The minimum absolute atomic E-state index is 0.0227. The number of aliphatic hydroxyl groups is 3. The minimum atomic E-state index is -2.94. The molecule has 0 amide bonds. The number of likely N-dealkylation sites (N-methyl/N-ethyl adjacent to an activating group) is 1. The Hall–Kier alpha value is -3.62. The van der Waals surface area contributed by atoms with Crippen molar-refractivity contribution in [3.05, 3.63) is 46.2 Å². The van der Waals surface area contributed by atoms with Crippen molar-refractivity contribution in [2.24, 2.45) is 11.8 Å². The number of aromatic hydroxyl groups is 1. The molecule has 0 aromatic heterocycles. The molecule has 49 heavy (non-hydrogen) atoms. The van der Waals surface area contributed by atoms with E-state index >= 15 is 0 Å². The van der Waals surface area contributed by atoms with Gasteiger partial charge in [-0.2, -0.15) is 0 Å². The number of phenols is 1. The standard InChI is InChI=1S/C36H46N2O11/c1-4-24(41)49-33-26-21(18-48-19-8-5-6-9-19)20-10-7-11-22(39)25(20)31(42)28(26)35(45)36(46)29(33)30(37(2)3)32(43)27(34(36)44)23(40)12-13-38-14-16-47-17-15-38/h7,10-11,19,21,26,29-30,33,39,42,44,46H,4-6,8-9,12-18H2,1-3H3/t21-,26+,29+,30-,33-,36+/m1/s1. The monoisotopic (exact) mass is 682 g/mol. The van der Waals surface area contributed by atoms with Crippen molar-refractivity contribution in [2.75, 3.05) is 53.6 Å². The van der Waals surface area contributed by atoms with Crippen molar-refractivity contribution in [3.63, 3.8) is 0 Å². The molecule has 0 unspecified atom stereocenters. The number of fused-ring (bicyclic) bond motifs is 3. The van der Waals surface area contributed by atoms with Crippen molar-refractivity contribution in [3.8, 4) is 5.75 Å². The van der Waals surface area contributed by atoms with E-state index in [1.54, 1.807) is 33.2 Å². The number of morpholine rings is 1. The van der Waals surface area contributed by atoms with Crippen molar-refractivity contribution in [2.45, 2.75) is 75.2 Å². The maximum Gasteiger partial charge on any atom is 0.305 e. The maximum atomic E-state index is 14.8. The molecule has 1 aromatic carbocycles. The highest BCUT2D eigenvalue weighted by Crippen LogP contribution is 2.57. The van der Waals surface area contributed by atoms with E-state index in [0.717, 1.165) is 25.7 Å². The second-order valence-corrected chi connectivity index (χ2v) is 13.9. The molecule has 0 radical (unpaired) electrons. The summed E-state index contributed by atoms with van der Waals surface area (Å²) < 4.78 is 17.8. The van der Waals surface area contributed by atoms with Crippen LogP contribution in [0.5, 0.6) is 5.75 Å². The van der Waals surface area contributed by atoms with Crippen LogP contribution in [0.2, 0.25) is 0 Å². The van der Waals surface area contributed by atoms with E-state index in [9.17, 15) is 39.6 Å². The lowest BCUT2D eigenvalue weighted by molar-refractivity contribution is -0.186. The Kier molecular flexibility index (Phi) is 10.0. The fraction of sp³-hybridized carbons (Fsp3) is 0.611. The summed E-state index contributed by atoms with van der Waals surface area (Å²) in [6, 6.07) is 3.26. The van der Waals surface area contributed by atoms with E-state index < -0.39 is 75.9 Å². The number of rotatable bonds is 10. The number of phenolic OH excluding ortho intramolecular Hbond substituents is 1. The Morgan fingerprint density at radius 2 is 1.78 bits per heavy atom. The van der Waals surface area contributed by atoms with Crippen molar-refractivity contribution in [1.82, 2.24) is 9.80 Å². The average molecular weight is 683 g/mol. The Bertz CT molecular complexity index is 1570. The van der Waals surface area contributed by atoms with E-state index in [4.69, 9.17) is 14.2 Å². The zero-order valence-corrected chi connectivity index (χ0v) is 28.2.